The summed E-state index contributed by atoms with van der Waals surface area (Å²) in [6.45, 7) is 5.18. The van der Waals surface area contributed by atoms with Gasteiger partial charge in [0.2, 0.25) is 10.0 Å². The van der Waals surface area contributed by atoms with E-state index >= 15 is 0 Å². The number of carbonyl (C=O) groups excluding carboxylic acids is 1. The molecule has 1 atom stereocenters. The Bertz CT molecular complexity index is 1050. The third-order valence-corrected chi connectivity index (χ3v) is 8.14. The van der Waals surface area contributed by atoms with Crippen molar-refractivity contribution >= 4 is 27.5 Å². The molecule has 1 aliphatic rings. The fourth-order valence-corrected chi connectivity index (χ4v) is 5.84. The summed E-state index contributed by atoms with van der Waals surface area (Å²) in [6, 6.07) is 11.7. The number of nitrogens with zero attached hydrogens (tertiary/aromatic N) is 1. The molecule has 180 valence electrons. The van der Waals surface area contributed by atoms with Crippen molar-refractivity contribution in [3.05, 3.63) is 58.6 Å². The molecule has 0 spiro atoms. The Hall–Kier alpha value is -2.09. The Morgan fingerprint density at radius 2 is 1.70 bits per heavy atom. The number of amides is 1. The molecule has 2 aromatic rings. The predicted molar refractivity (Wildman–Crippen MR) is 131 cm³/mol. The molecule has 0 radical (unpaired) electrons. The summed E-state index contributed by atoms with van der Waals surface area (Å²) in [5, 5.41) is 3.28. The summed E-state index contributed by atoms with van der Waals surface area (Å²) in [7, 11) is -2.08. The van der Waals surface area contributed by atoms with Crippen LogP contribution >= 0.6 is 11.6 Å². The number of sulfonamides is 1. The summed E-state index contributed by atoms with van der Waals surface area (Å²) in [4.78, 5) is 13.3. The number of hydrogen-bond donors (Lipinski definition) is 1. The number of methoxy groups -OCH3 is 1. The molecule has 0 aliphatic carbocycles. The van der Waals surface area contributed by atoms with E-state index in [-0.39, 0.29) is 21.5 Å². The quantitative estimate of drug-likeness (QED) is 0.533. The van der Waals surface area contributed by atoms with Crippen molar-refractivity contribution < 1.29 is 17.9 Å². The lowest BCUT2D eigenvalue weighted by Gasteiger charge is -2.23. The normalized spacial score (nSPS) is 16.3. The fourth-order valence-electron chi connectivity index (χ4n) is 4.09. The second-order valence-electron chi connectivity index (χ2n) is 8.89. The SMILES string of the molecule is COc1ccc([C@@H](CC(C)C)NC(=O)c2cc(S(=O)(=O)N3CCCCCC3)ccc2Cl)cc1. The minimum Gasteiger partial charge on any atom is -0.497 e. The van der Waals surface area contributed by atoms with Gasteiger partial charge < -0.3 is 10.1 Å². The highest BCUT2D eigenvalue weighted by atomic mass is 35.5. The van der Waals surface area contributed by atoms with Crippen LogP contribution in [0.2, 0.25) is 5.02 Å². The standard InChI is InChI=1S/C25H33ClN2O4S/c1-18(2)16-24(19-8-10-20(32-3)11-9-19)27-25(29)22-17-21(12-13-23(22)26)33(30,31)28-14-6-4-5-7-15-28/h8-13,17-18,24H,4-7,14-16H2,1-3H3,(H,27,29)/t24-/m1/s1. The molecule has 1 saturated heterocycles. The van der Waals surface area contributed by atoms with Crippen molar-refractivity contribution in [2.45, 2.75) is 56.9 Å². The van der Waals surface area contributed by atoms with Crippen LogP contribution < -0.4 is 10.1 Å². The van der Waals surface area contributed by atoms with Crippen LogP contribution in [-0.2, 0) is 10.0 Å². The van der Waals surface area contributed by atoms with E-state index in [9.17, 15) is 13.2 Å². The van der Waals surface area contributed by atoms with Crippen LogP contribution in [0.1, 0.15) is 67.9 Å². The fraction of sp³-hybridized carbons (Fsp3) is 0.480. The predicted octanol–water partition coefficient (Wildman–Crippen LogP) is 5.43. The first-order valence-corrected chi connectivity index (χ1v) is 13.3. The number of benzene rings is 2. The monoisotopic (exact) mass is 492 g/mol. The van der Waals surface area contributed by atoms with Gasteiger partial charge in [-0.3, -0.25) is 4.79 Å². The second kappa shape index (κ2) is 11.4. The van der Waals surface area contributed by atoms with Crippen molar-refractivity contribution in [2.75, 3.05) is 20.2 Å². The van der Waals surface area contributed by atoms with E-state index in [1.165, 1.54) is 22.5 Å². The number of carbonyl (C=O) groups is 1. The summed E-state index contributed by atoms with van der Waals surface area (Å²) in [6.07, 6.45) is 4.48. The van der Waals surface area contributed by atoms with E-state index in [1.54, 1.807) is 7.11 Å². The van der Waals surface area contributed by atoms with Gasteiger partial charge in [0.05, 0.1) is 28.6 Å². The van der Waals surface area contributed by atoms with Gasteiger partial charge in [0.15, 0.2) is 0 Å². The Kier molecular flexibility index (Phi) is 8.79. The maximum absolute atomic E-state index is 13.2. The lowest BCUT2D eigenvalue weighted by atomic mass is 9.96. The van der Waals surface area contributed by atoms with E-state index in [0.29, 0.717) is 19.0 Å². The lowest BCUT2D eigenvalue weighted by molar-refractivity contribution is 0.0932. The van der Waals surface area contributed by atoms with Gasteiger partial charge in [-0.15, -0.1) is 0 Å². The van der Waals surface area contributed by atoms with Gasteiger partial charge in [0.25, 0.3) is 5.91 Å². The first-order valence-electron chi connectivity index (χ1n) is 11.5. The van der Waals surface area contributed by atoms with Crippen molar-refractivity contribution in [2.24, 2.45) is 5.92 Å². The molecular formula is C25H33ClN2O4S. The number of halogens is 1. The Balaban J connectivity index is 1.86. The zero-order chi connectivity index (χ0) is 24.0. The van der Waals surface area contributed by atoms with Crippen LogP contribution in [0, 0.1) is 5.92 Å². The van der Waals surface area contributed by atoms with Crippen LogP contribution in [0.15, 0.2) is 47.4 Å². The molecule has 1 N–H and O–H groups in total. The van der Waals surface area contributed by atoms with Crippen LogP contribution in [-0.4, -0.2) is 38.8 Å². The van der Waals surface area contributed by atoms with Gasteiger partial charge in [0, 0.05) is 13.1 Å². The topological polar surface area (TPSA) is 75.7 Å². The second-order valence-corrected chi connectivity index (χ2v) is 11.2. The molecule has 0 saturated carbocycles. The van der Waals surface area contributed by atoms with Gasteiger partial charge in [-0.2, -0.15) is 4.31 Å². The van der Waals surface area contributed by atoms with Crippen molar-refractivity contribution in [3.63, 3.8) is 0 Å². The van der Waals surface area contributed by atoms with Gasteiger partial charge in [-0.1, -0.05) is 50.4 Å². The van der Waals surface area contributed by atoms with E-state index in [2.05, 4.69) is 19.2 Å². The number of hydrogen-bond acceptors (Lipinski definition) is 4. The minimum atomic E-state index is -3.68. The van der Waals surface area contributed by atoms with E-state index < -0.39 is 15.9 Å². The van der Waals surface area contributed by atoms with E-state index in [4.69, 9.17) is 16.3 Å². The molecule has 0 aromatic heterocycles. The van der Waals surface area contributed by atoms with E-state index in [0.717, 1.165) is 43.4 Å². The molecule has 1 fully saturated rings. The molecule has 0 unspecified atom stereocenters. The lowest BCUT2D eigenvalue weighted by Crippen LogP contribution is -2.33. The third kappa shape index (κ3) is 6.49. The van der Waals surface area contributed by atoms with Crippen molar-refractivity contribution in [3.8, 4) is 5.75 Å². The smallest absolute Gasteiger partial charge is 0.253 e. The zero-order valence-corrected chi connectivity index (χ0v) is 21.1. The maximum atomic E-state index is 13.2. The highest BCUT2D eigenvalue weighted by molar-refractivity contribution is 7.89. The van der Waals surface area contributed by atoms with Crippen LogP contribution in [0.4, 0.5) is 0 Å². The Labute approximate surface area is 202 Å². The first-order chi connectivity index (χ1) is 15.7. The van der Waals surface area contributed by atoms with Gasteiger partial charge >= 0.3 is 0 Å². The Morgan fingerprint density at radius 1 is 1.06 bits per heavy atom. The largest absolute Gasteiger partial charge is 0.497 e. The molecule has 1 aliphatic heterocycles. The molecule has 1 amide bonds. The molecular weight excluding hydrogens is 460 g/mol. The van der Waals surface area contributed by atoms with Crippen molar-refractivity contribution in [1.29, 1.82) is 0 Å². The summed E-state index contributed by atoms with van der Waals surface area (Å²) < 4.78 is 33.2. The molecule has 0 bridgehead atoms. The number of nitrogens with one attached hydrogen (secondary N) is 1. The van der Waals surface area contributed by atoms with E-state index in [1.807, 2.05) is 24.3 Å². The van der Waals surface area contributed by atoms with Gasteiger partial charge in [-0.05, 0) is 61.1 Å². The molecule has 2 aromatic carbocycles. The number of ether oxygens (including phenoxy) is 1. The first kappa shape index (κ1) is 25.5. The zero-order valence-electron chi connectivity index (χ0n) is 19.5. The highest BCUT2D eigenvalue weighted by Gasteiger charge is 2.27. The van der Waals surface area contributed by atoms with Crippen LogP contribution in [0.3, 0.4) is 0 Å². The minimum absolute atomic E-state index is 0.101. The summed E-state index contributed by atoms with van der Waals surface area (Å²) >= 11 is 6.34. The summed E-state index contributed by atoms with van der Waals surface area (Å²) in [5.74, 6) is 0.680. The average molecular weight is 493 g/mol. The molecule has 8 heteroatoms. The molecule has 6 nitrogen and oxygen atoms in total. The Morgan fingerprint density at radius 3 is 2.27 bits per heavy atom. The van der Waals surface area contributed by atoms with Crippen molar-refractivity contribution in [1.82, 2.24) is 9.62 Å². The highest BCUT2D eigenvalue weighted by Crippen LogP contribution is 2.28. The van der Waals surface area contributed by atoms with Crippen LogP contribution in [0.25, 0.3) is 0 Å². The summed E-state index contributed by atoms with van der Waals surface area (Å²) in [5.41, 5.74) is 1.11. The average Bonchev–Trinajstić information content (AvgIpc) is 3.09. The third-order valence-electron chi connectivity index (χ3n) is 5.92. The molecule has 33 heavy (non-hydrogen) atoms. The molecule has 3 rings (SSSR count). The maximum Gasteiger partial charge on any atom is 0.253 e. The van der Waals surface area contributed by atoms with Gasteiger partial charge in [-0.25, -0.2) is 8.42 Å². The molecule has 1 heterocycles. The number of rotatable bonds is 8. The van der Waals surface area contributed by atoms with Gasteiger partial charge in [0.1, 0.15) is 5.75 Å². The van der Waals surface area contributed by atoms with Crippen LogP contribution in [0.5, 0.6) is 5.75 Å².